The third kappa shape index (κ3) is 4.30. The molecule has 0 amide bonds. The predicted octanol–water partition coefficient (Wildman–Crippen LogP) is 0.751. The minimum Gasteiger partial charge on any atom is -0.508 e. The number of aromatic hydroxyl groups is 3. The SMILES string of the molecule is Cc1c(C)c([C@H]2O[C@H](CO)[C@@H](O)[C@H](O)[C@H]2O)c(O)c(C(=O)CCc2ccc(O)cc2)c1O. The van der Waals surface area contributed by atoms with Crippen molar-refractivity contribution in [2.24, 2.45) is 0 Å². The van der Waals surface area contributed by atoms with Crippen molar-refractivity contribution >= 4 is 5.78 Å². The summed E-state index contributed by atoms with van der Waals surface area (Å²) >= 11 is 0. The van der Waals surface area contributed by atoms with Crippen LogP contribution in [0.15, 0.2) is 24.3 Å². The fourth-order valence-electron chi connectivity index (χ4n) is 3.99. The number of ether oxygens (including phenoxy) is 1. The van der Waals surface area contributed by atoms with Gasteiger partial charge in [-0.3, -0.25) is 4.79 Å². The van der Waals surface area contributed by atoms with Gasteiger partial charge in [0.15, 0.2) is 5.78 Å². The Kier molecular flexibility index (Phi) is 7.06. The van der Waals surface area contributed by atoms with Crippen LogP contribution < -0.4 is 0 Å². The number of benzene rings is 2. The summed E-state index contributed by atoms with van der Waals surface area (Å²) < 4.78 is 5.56. The zero-order valence-electron chi connectivity index (χ0n) is 17.8. The largest absolute Gasteiger partial charge is 0.508 e. The normalized spacial score (nSPS) is 25.6. The van der Waals surface area contributed by atoms with Crippen molar-refractivity contribution in [3.05, 3.63) is 52.1 Å². The van der Waals surface area contributed by atoms with Crippen LogP contribution >= 0.6 is 0 Å². The molecule has 9 nitrogen and oxygen atoms in total. The average molecular weight is 448 g/mol. The molecule has 0 radical (unpaired) electrons. The van der Waals surface area contributed by atoms with Gasteiger partial charge in [-0.2, -0.15) is 0 Å². The van der Waals surface area contributed by atoms with Gasteiger partial charge in [-0.1, -0.05) is 12.1 Å². The van der Waals surface area contributed by atoms with Gasteiger partial charge in [0.1, 0.15) is 53.3 Å². The molecule has 0 spiro atoms. The smallest absolute Gasteiger partial charge is 0.170 e. The number of carbonyl (C=O) groups is 1. The van der Waals surface area contributed by atoms with E-state index in [1.54, 1.807) is 19.1 Å². The third-order valence-electron chi connectivity index (χ3n) is 6.08. The maximum absolute atomic E-state index is 12.9. The molecule has 1 saturated heterocycles. The van der Waals surface area contributed by atoms with Gasteiger partial charge in [0.2, 0.25) is 0 Å². The van der Waals surface area contributed by atoms with Crippen LogP contribution in [0.5, 0.6) is 17.2 Å². The number of hydrogen-bond donors (Lipinski definition) is 7. The first-order valence-corrected chi connectivity index (χ1v) is 10.2. The average Bonchev–Trinajstić information content (AvgIpc) is 2.77. The van der Waals surface area contributed by atoms with Gasteiger partial charge in [-0.15, -0.1) is 0 Å². The second kappa shape index (κ2) is 9.43. The lowest BCUT2D eigenvalue weighted by atomic mass is 9.85. The molecule has 3 rings (SSSR count). The quantitative estimate of drug-likeness (QED) is 0.315. The lowest BCUT2D eigenvalue weighted by Gasteiger charge is -2.41. The molecule has 0 unspecified atom stereocenters. The number of ketones is 1. The van der Waals surface area contributed by atoms with Crippen LogP contribution in [-0.4, -0.2) is 72.6 Å². The van der Waals surface area contributed by atoms with Crippen LogP contribution in [0.1, 0.15) is 45.1 Å². The van der Waals surface area contributed by atoms with Gasteiger partial charge in [0, 0.05) is 12.0 Å². The number of aryl methyl sites for hydroxylation is 1. The van der Waals surface area contributed by atoms with Crippen molar-refractivity contribution in [2.75, 3.05) is 6.61 Å². The van der Waals surface area contributed by atoms with E-state index in [4.69, 9.17) is 4.74 Å². The van der Waals surface area contributed by atoms with Crippen molar-refractivity contribution < 1.29 is 45.3 Å². The Balaban J connectivity index is 1.98. The highest BCUT2D eigenvalue weighted by atomic mass is 16.5. The number of carbonyl (C=O) groups excluding carboxylic acids is 1. The van der Waals surface area contributed by atoms with E-state index in [0.29, 0.717) is 12.0 Å². The zero-order chi connectivity index (χ0) is 23.7. The molecule has 1 aliphatic rings. The summed E-state index contributed by atoms with van der Waals surface area (Å²) in [6.45, 7) is 2.45. The van der Waals surface area contributed by atoms with Crippen LogP contribution in [0, 0.1) is 13.8 Å². The molecule has 7 N–H and O–H groups in total. The Morgan fingerprint density at radius 1 is 0.906 bits per heavy atom. The number of hydrogen-bond acceptors (Lipinski definition) is 9. The Morgan fingerprint density at radius 2 is 1.53 bits per heavy atom. The Bertz CT molecular complexity index is 984. The van der Waals surface area contributed by atoms with Crippen molar-refractivity contribution in [1.29, 1.82) is 0 Å². The lowest BCUT2D eigenvalue weighted by Crippen LogP contribution is -2.55. The van der Waals surface area contributed by atoms with Gasteiger partial charge in [0.25, 0.3) is 0 Å². The summed E-state index contributed by atoms with van der Waals surface area (Å²) in [7, 11) is 0. The first-order chi connectivity index (χ1) is 15.1. The molecule has 0 aliphatic carbocycles. The number of aliphatic hydroxyl groups excluding tert-OH is 4. The topological polar surface area (TPSA) is 168 Å². The van der Waals surface area contributed by atoms with E-state index in [2.05, 4.69) is 0 Å². The maximum Gasteiger partial charge on any atom is 0.170 e. The van der Waals surface area contributed by atoms with Crippen molar-refractivity contribution in [1.82, 2.24) is 0 Å². The van der Waals surface area contributed by atoms with E-state index in [1.165, 1.54) is 19.1 Å². The van der Waals surface area contributed by atoms with Gasteiger partial charge >= 0.3 is 0 Å². The Morgan fingerprint density at radius 3 is 2.12 bits per heavy atom. The van der Waals surface area contributed by atoms with E-state index in [1.807, 2.05) is 0 Å². The molecule has 5 atom stereocenters. The van der Waals surface area contributed by atoms with Gasteiger partial charge in [-0.25, -0.2) is 0 Å². The second-order valence-corrected chi connectivity index (χ2v) is 8.07. The van der Waals surface area contributed by atoms with Crippen LogP contribution in [0.2, 0.25) is 0 Å². The van der Waals surface area contributed by atoms with Crippen molar-refractivity contribution in [3.63, 3.8) is 0 Å². The summed E-state index contributed by atoms with van der Waals surface area (Å²) in [5.41, 5.74) is 1.04. The Hall–Kier alpha value is -2.69. The molecule has 0 aromatic heterocycles. The number of aliphatic hydroxyl groups is 4. The fourth-order valence-corrected chi connectivity index (χ4v) is 3.99. The monoisotopic (exact) mass is 448 g/mol. The van der Waals surface area contributed by atoms with Gasteiger partial charge in [0.05, 0.1) is 6.61 Å². The van der Waals surface area contributed by atoms with Crippen molar-refractivity contribution in [3.8, 4) is 17.2 Å². The summed E-state index contributed by atoms with van der Waals surface area (Å²) in [5, 5.41) is 71.0. The highest BCUT2D eigenvalue weighted by Crippen LogP contribution is 2.45. The molecule has 2 aromatic carbocycles. The summed E-state index contributed by atoms with van der Waals surface area (Å²) in [5.74, 6) is -1.45. The minimum absolute atomic E-state index is 0.00909. The molecule has 2 aromatic rings. The molecule has 9 heteroatoms. The van der Waals surface area contributed by atoms with Crippen LogP contribution in [-0.2, 0) is 11.2 Å². The molecule has 1 heterocycles. The number of Topliss-reactive ketones (excluding diaryl/α,β-unsaturated/α-hetero) is 1. The highest BCUT2D eigenvalue weighted by Gasteiger charge is 2.46. The summed E-state index contributed by atoms with van der Waals surface area (Å²) in [6.07, 6.45) is -7.19. The molecule has 0 saturated carbocycles. The second-order valence-electron chi connectivity index (χ2n) is 8.07. The molecule has 32 heavy (non-hydrogen) atoms. The Labute approximate surface area is 184 Å². The minimum atomic E-state index is -1.66. The zero-order valence-corrected chi connectivity index (χ0v) is 17.8. The van der Waals surface area contributed by atoms with E-state index in [0.717, 1.165) is 5.56 Å². The summed E-state index contributed by atoms with van der Waals surface area (Å²) in [4.78, 5) is 12.9. The highest BCUT2D eigenvalue weighted by molar-refractivity contribution is 6.02. The lowest BCUT2D eigenvalue weighted by molar-refractivity contribution is -0.232. The van der Waals surface area contributed by atoms with Crippen molar-refractivity contribution in [2.45, 2.75) is 57.2 Å². The van der Waals surface area contributed by atoms with E-state index in [-0.39, 0.29) is 28.9 Å². The number of rotatable bonds is 6. The molecule has 1 fully saturated rings. The van der Waals surface area contributed by atoms with Gasteiger partial charge in [-0.05, 0) is 49.1 Å². The van der Waals surface area contributed by atoms with E-state index < -0.39 is 54.4 Å². The predicted molar refractivity (Wildman–Crippen MR) is 113 cm³/mol. The molecule has 174 valence electrons. The van der Waals surface area contributed by atoms with Crippen LogP contribution in [0.25, 0.3) is 0 Å². The number of phenolic OH excluding ortho intramolecular Hbond substituents is 3. The standard InChI is InChI=1S/C23H28O9/c1-10-11(2)18(27)17(14(26)8-5-12-3-6-13(25)7-4-12)20(29)16(10)23-22(31)21(30)19(28)15(9-24)32-23/h3-4,6-7,15,19,21-25,27-31H,5,8-9H2,1-2H3/t15-,19-,21+,22-,23-/m1/s1. The number of phenols is 3. The molecular weight excluding hydrogens is 420 g/mol. The van der Waals surface area contributed by atoms with Gasteiger partial charge < -0.3 is 40.5 Å². The molecule has 1 aliphatic heterocycles. The molecular formula is C23H28O9. The van der Waals surface area contributed by atoms with Crippen LogP contribution in [0.3, 0.4) is 0 Å². The van der Waals surface area contributed by atoms with E-state index >= 15 is 0 Å². The first-order valence-electron chi connectivity index (χ1n) is 10.2. The summed E-state index contributed by atoms with van der Waals surface area (Å²) in [6, 6.07) is 6.29. The van der Waals surface area contributed by atoms with E-state index in [9.17, 15) is 40.5 Å². The molecule has 0 bridgehead atoms. The maximum atomic E-state index is 12.9. The first kappa shape index (κ1) is 24.0. The van der Waals surface area contributed by atoms with Crippen LogP contribution in [0.4, 0.5) is 0 Å². The third-order valence-corrected chi connectivity index (χ3v) is 6.08. The fraction of sp³-hybridized carbons (Fsp3) is 0.435.